The van der Waals surface area contributed by atoms with E-state index in [2.05, 4.69) is 26.3 Å². The number of carbonyl (C=O) groups excluding carboxylic acids is 1. The third kappa shape index (κ3) is 5.62. The van der Waals surface area contributed by atoms with Crippen molar-refractivity contribution in [3.8, 4) is 11.5 Å². The van der Waals surface area contributed by atoms with Gasteiger partial charge in [0.25, 0.3) is 5.91 Å². The molecule has 0 aliphatic carbocycles. The van der Waals surface area contributed by atoms with E-state index < -0.39 is 0 Å². The van der Waals surface area contributed by atoms with Crippen LogP contribution in [0.15, 0.2) is 57.7 Å². The highest BCUT2D eigenvalue weighted by atomic mass is 79.9. The lowest BCUT2D eigenvalue weighted by molar-refractivity contribution is 0.0920. The number of furan rings is 1. The smallest absolute Gasteiger partial charge is 0.287 e. The second-order valence-electron chi connectivity index (χ2n) is 5.64. The minimum absolute atomic E-state index is 0.239. The van der Waals surface area contributed by atoms with E-state index in [1.165, 1.54) is 0 Å². The third-order valence-electron chi connectivity index (χ3n) is 3.63. The highest BCUT2D eigenvalue weighted by Crippen LogP contribution is 2.19. The van der Waals surface area contributed by atoms with Crippen LogP contribution < -0.4 is 14.8 Å². The van der Waals surface area contributed by atoms with Crippen LogP contribution in [0.25, 0.3) is 0 Å². The van der Waals surface area contributed by atoms with Crippen LogP contribution in [-0.2, 0) is 13.2 Å². The van der Waals surface area contributed by atoms with Gasteiger partial charge in [-0.25, -0.2) is 0 Å². The first-order valence-corrected chi connectivity index (χ1v) is 9.34. The molecular weight excluding hydrogens is 414 g/mol. The molecule has 0 unspecified atom stereocenters. The van der Waals surface area contributed by atoms with Crippen molar-refractivity contribution < 1.29 is 18.7 Å². The lowest BCUT2D eigenvalue weighted by atomic mass is 10.3. The van der Waals surface area contributed by atoms with E-state index in [4.69, 9.17) is 13.9 Å². The number of nitrogens with one attached hydrogen (secondary N) is 1. The molecule has 8 heteroatoms. The average Bonchev–Trinajstić information content (AvgIpc) is 3.30. The molecule has 1 amide bonds. The lowest BCUT2D eigenvalue weighted by Gasteiger charge is -2.06. The van der Waals surface area contributed by atoms with Crippen molar-refractivity contribution in [2.75, 3.05) is 13.2 Å². The molecule has 1 aromatic carbocycles. The van der Waals surface area contributed by atoms with Gasteiger partial charge >= 0.3 is 0 Å². The van der Waals surface area contributed by atoms with Gasteiger partial charge in [-0.15, -0.1) is 0 Å². The van der Waals surface area contributed by atoms with Gasteiger partial charge in [0, 0.05) is 12.7 Å². The summed E-state index contributed by atoms with van der Waals surface area (Å²) in [4.78, 5) is 12.1. The SMILES string of the molecule is CCOc1ccc(OCc2ccc(C(=O)NCCn3cc(Br)cn3)o2)cc1. The topological polar surface area (TPSA) is 78.5 Å². The summed E-state index contributed by atoms with van der Waals surface area (Å²) in [6.07, 6.45) is 3.54. The summed E-state index contributed by atoms with van der Waals surface area (Å²) >= 11 is 3.33. The van der Waals surface area contributed by atoms with E-state index in [0.717, 1.165) is 10.2 Å². The fourth-order valence-electron chi connectivity index (χ4n) is 2.36. The molecule has 27 heavy (non-hydrogen) atoms. The number of hydrogen-bond acceptors (Lipinski definition) is 5. The number of halogens is 1. The second kappa shape index (κ2) is 9.27. The highest BCUT2D eigenvalue weighted by Gasteiger charge is 2.11. The molecule has 0 radical (unpaired) electrons. The fraction of sp³-hybridized carbons (Fsp3) is 0.263. The summed E-state index contributed by atoms with van der Waals surface area (Å²) in [5.41, 5.74) is 0. The predicted molar refractivity (Wildman–Crippen MR) is 103 cm³/mol. The first-order valence-electron chi connectivity index (χ1n) is 8.54. The molecular formula is C19H20BrN3O4. The summed E-state index contributed by atoms with van der Waals surface area (Å²) in [6, 6.07) is 10.7. The van der Waals surface area contributed by atoms with E-state index >= 15 is 0 Å². The Hall–Kier alpha value is -2.74. The van der Waals surface area contributed by atoms with Crippen LogP contribution in [0.1, 0.15) is 23.2 Å². The fourth-order valence-corrected chi connectivity index (χ4v) is 2.69. The van der Waals surface area contributed by atoms with Gasteiger partial charge in [0.05, 0.1) is 23.8 Å². The van der Waals surface area contributed by atoms with Crippen molar-refractivity contribution in [2.45, 2.75) is 20.1 Å². The molecule has 142 valence electrons. The molecule has 7 nitrogen and oxygen atoms in total. The zero-order chi connectivity index (χ0) is 19.1. The number of rotatable bonds is 9. The van der Waals surface area contributed by atoms with Crippen LogP contribution in [0, 0.1) is 0 Å². The molecule has 2 aromatic heterocycles. The Kier molecular flexibility index (Phi) is 6.54. The molecule has 0 saturated heterocycles. The van der Waals surface area contributed by atoms with Crippen molar-refractivity contribution in [2.24, 2.45) is 0 Å². The van der Waals surface area contributed by atoms with E-state index in [1.54, 1.807) is 23.0 Å². The van der Waals surface area contributed by atoms with Crippen LogP contribution in [-0.4, -0.2) is 28.8 Å². The van der Waals surface area contributed by atoms with Gasteiger partial charge in [-0.1, -0.05) is 0 Å². The van der Waals surface area contributed by atoms with Crippen LogP contribution in [0.4, 0.5) is 0 Å². The summed E-state index contributed by atoms with van der Waals surface area (Å²) in [5, 5.41) is 6.93. The highest BCUT2D eigenvalue weighted by molar-refractivity contribution is 9.10. The molecule has 0 aliphatic heterocycles. The maximum atomic E-state index is 12.1. The van der Waals surface area contributed by atoms with E-state index in [9.17, 15) is 4.79 Å². The Morgan fingerprint density at radius 3 is 2.59 bits per heavy atom. The zero-order valence-electron chi connectivity index (χ0n) is 14.9. The van der Waals surface area contributed by atoms with Crippen LogP contribution in [0.5, 0.6) is 11.5 Å². The van der Waals surface area contributed by atoms with Gasteiger partial charge in [-0.2, -0.15) is 5.10 Å². The summed E-state index contributed by atoms with van der Waals surface area (Å²) in [6.45, 7) is 3.82. The summed E-state index contributed by atoms with van der Waals surface area (Å²) < 4.78 is 19.2. The molecule has 3 rings (SSSR count). The molecule has 0 saturated carbocycles. The van der Waals surface area contributed by atoms with E-state index in [-0.39, 0.29) is 18.3 Å². The quantitative estimate of drug-likeness (QED) is 0.557. The number of aromatic nitrogens is 2. The van der Waals surface area contributed by atoms with E-state index in [0.29, 0.717) is 31.2 Å². The molecule has 0 aliphatic rings. The number of carbonyl (C=O) groups is 1. The first-order chi connectivity index (χ1) is 13.1. The van der Waals surface area contributed by atoms with Gasteiger partial charge in [-0.3, -0.25) is 9.48 Å². The van der Waals surface area contributed by atoms with Crippen molar-refractivity contribution in [1.29, 1.82) is 0 Å². The monoisotopic (exact) mass is 433 g/mol. The van der Waals surface area contributed by atoms with Gasteiger partial charge in [0.15, 0.2) is 5.76 Å². The second-order valence-corrected chi connectivity index (χ2v) is 6.55. The van der Waals surface area contributed by atoms with Crippen molar-refractivity contribution >= 4 is 21.8 Å². The molecule has 3 aromatic rings. The van der Waals surface area contributed by atoms with Crippen LogP contribution in [0.3, 0.4) is 0 Å². The summed E-state index contributed by atoms with van der Waals surface area (Å²) in [7, 11) is 0. The van der Waals surface area contributed by atoms with Crippen LogP contribution in [0.2, 0.25) is 0 Å². The van der Waals surface area contributed by atoms with Crippen molar-refractivity contribution in [1.82, 2.24) is 15.1 Å². The van der Waals surface area contributed by atoms with Crippen LogP contribution >= 0.6 is 15.9 Å². The normalized spacial score (nSPS) is 10.6. The van der Waals surface area contributed by atoms with Gasteiger partial charge in [0.2, 0.25) is 0 Å². The largest absolute Gasteiger partial charge is 0.494 e. The Labute approximate surface area is 165 Å². The third-order valence-corrected chi connectivity index (χ3v) is 4.04. The minimum atomic E-state index is -0.270. The number of ether oxygens (including phenoxy) is 2. The van der Waals surface area contributed by atoms with E-state index in [1.807, 2.05) is 37.4 Å². The number of benzene rings is 1. The maximum absolute atomic E-state index is 12.1. The first kappa shape index (κ1) is 19.0. The maximum Gasteiger partial charge on any atom is 0.287 e. The van der Waals surface area contributed by atoms with Gasteiger partial charge in [-0.05, 0) is 59.3 Å². The molecule has 0 bridgehead atoms. The number of amides is 1. The molecule has 0 atom stereocenters. The number of nitrogens with zero attached hydrogens (tertiary/aromatic N) is 2. The standard InChI is InChI=1S/C19H20BrN3O4/c1-2-25-15-3-5-16(6-4-15)26-13-17-7-8-18(27-17)19(24)21-9-10-23-12-14(20)11-22-23/h3-8,11-12H,2,9-10,13H2,1H3,(H,21,24). The predicted octanol–water partition coefficient (Wildman–Crippen LogP) is 3.65. The molecule has 0 fully saturated rings. The Morgan fingerprint density at radius 2 is 1.93 bits per heavy atom. The minimum Gasteiger partial charge on any atom is -0.494 e. The van der Waals surface area contributed by atoms with Gasteiger partial charge in [0.1, 0.15) is 23.9 Å². The lowest BCUT2D eigenvalue weighted by Crippen LogP contribution is -2.27. The Bertz CT molecular complexity index is 873. The molecule has 2 heterocycles. The van der Waals surface area contributed by atoms with Gasteiger partial charge < -0.3 is 19.2 Å². The van der Waals surface area contributed by atoms with Crippen molar-refractivity contribution in [3.63, 3.8) is 0 Å². The average molecular weight is 434 g/mol. The Morgan fingerprint density at radius 1 is 1.19 bits per heavy atom. The molecule has 1 N–H and O–H groups in total. The molecule has 0 spiro atoms. The number of hydrogen-bond donors (Lipinski definition) is 1. The summed E-state index contributed by atoms with van der Waals surface area (Å²) in [5.74, 6) is 2.05. The zero-order valence-corrected chi connectivity index (χ0v) is 16.4. The Balaban J connectivity index is 1.45. The van der Waals surface area contributed by atoms with Crippen molar-refractivity contribution in [3.05, 3.63) is 64.8 Å².